The number of allylic oxidation sites excluding steroid dienone is 3. The first kappa shape index (κ1) is 9.46. The zero-order chi connectivity index (χ0) is 8.81. The number of hydrogen-bond acceptors (Lipinski definition) is 1. The maximum atomic E-state index is 12.5. The van der Waals surface area contributed by atoms with Crippen LogP contribution in [0.15, 0.2) is 23.6 Å². The Bertz CT molecular complexity index is 194. The SMILES string of the molecule is CCOCCC1=CC=C(F)CC1. The van der Waals surface area contributed by atoms with Crippen LogP contribution in [0.3, 0.4) is 0 Å². The second-order valence-electron chi connectivity index (χ2n) is 2.89. The lowest BCUT2D eigenvalue weighted by Crippen LogP contribution is -1.98. The van der Waals surface area contributed by atoms with Gasteiger partial charge in [-0.15, -0.1) is 0 Å². The number of halogens is 1. The minimum atomic E-state index is -0.00448. The van der Waals surface area contributed by atoms with E-state index in [4.69, 9.17) is 4.74 Å². The monoisotopic (exact) mass is 170 g/mol. The molecule has 0 bridgehead atoms. The van der Waals surface area contributed by atoms with E-state index in [-0.39, 0.29) is 5.83 Å². The van der Waals surface area contributed by atoms with Gasteiger partial charge in [-0.2, -0.15) is 0 Å². The summed E-state index contributed by atoms with van der Waals surface area (Å²) in [5.74, 6) is -0.00448. The number of rotatable bonds is 4. The average molecular weight is 170 g/mol. The highest BCUT2D eigenvalue weighted by Crippen LogP contribution is 2.20. The first-order chi connectivity index (χ1) is 5.83. The highest BCUT2D eigenvalue weighted by Gasteiger charge is 2.04. The van der Waals surface area contributed by atoms with Crippen molar-refractivity contribution in [2.75, 3.05) is 13.2 Å². The van der Waals surface area contributed by atoms with Crippen molar-refractivity contribution in [2.24, 2.45) is 0 Å². The van der Waals surface area contributed by atoms with E-state index in [1.165, 1.54) is 5.57 Å². The zero-order valence-electron chi connectivity index (χ0n) is 7.48. The number of ether oxygens (including phenoxy) is 1. The summed E-state index contributed by atoms with van der Waals surface area (Å²) in [7, 11) is 0. The molecule has 0 fully saturated rings. The summed E-state index contributed by atoms with van der Waals surface area (Å²) in [6, 6.07) is 0. The highest BCUT2D eigenvalue weighted by molar-refractivity contribution is 5.20. The van der Waals surface area contributed by atoms with Gasteiger partial charge in [0.1, 0.15) is 5.83 Å². The fourth-order valence-electron chi connectivity index (χ4n) is 1.21. The van der Waals surface area contributed by atoms with Gasteiger partial charge >= 0.3 is 0 Å². The molecule has 0 N–H and O–H groups in total. The molecule has 0 amide bonds. The van der Waals surface area contributed by atoms with Gasteiger partial charge in [-0.1, -0.05) is 11.6 Å². The van der Waals surface area contributed by atoms with Gasteiger partial charge < -0.3 is 4.74 Å². The van der Waals surface area contributed by atoms with Crippen LogP contribution in [0.4, 0.5) is 4.39 Å². The van der Waals surface area contributed by atoms with Crippen LogP contribution in [-0.2, 0) is 4.74 Å². The van der Waals surface area contributed by atoms with E-state index in [0.717, 1.165) is 26.1 Å². The molecule has 0 unspecified atom stereocenters. The smallest absolute Gasteiger partial charge is 0.100 e. The lowest BCUT2D eigenvalue weighted by atomic mass is 10.0. The van der Waals surface area contributed by atoms with E-state index in [1.807, 2.05) is 13.0 Å². The maximum Gasteiger partial charge on any atom is 0.100 e. The van der Waals surface area contributed by atoms with Crippen molar-refractivity contribution in [1.29, 1.82) is 0 Å². The molecule has 1 rings (SSSR count). The second kappa shape index (κ2) is 5.09. The van der Waals surface area contributed by atoms with Gasteiger partial charge in [0.05, 0.1) is 6.61 Å². The summed E-state index contributed by atoms with van der Waals surface area (Å²) in [6.45, 7) is 3.50. The van der Waals surface area contributed by atoms with Gasteiger partial charge in [-0.25, -0.2) is 4.39 Å². The Morgan fingerprint density at radius 1 is 1.42 bits per heavy atom. The molecule has 1 nitrogen and oxygen atoms in total. The molecule has 68 valence electrons. The summed E-state index contributed by atoms with van der Waals surface area (Å²) in [6.07, 6.45) is 5.80. The third kappa shape index (κ3) is 3.18. The van der Waals surface area contributed by atoms with Crippen molar-refractivity contribution < 1.29 is 9.13 Å². The van der Waals surface area contributed by atoms with E-state index in [1.54, 1.807) is 6.08 Å². The van der Waals surface area contributed by atoms with Gasteiger partial charge in [0.2, 0.25) is 0 Å². The van der Waals surface area contributed by atoms with E-state index in [9.17, 15) is 4.39 Å². The fourth-order valence-corrected chi connectivity index (χ4v) is 1.21. The molecule has 0 radical (unpaired) electrons. The average Bonchev–Trinajstić information content (AvgIpc) is 2.09. The van der Waals surface area contributed by atoms with Crippen LogP contribution in [0.1, 0.15) is 26.2 Å². The van der Waals surface area contributed by atoms with Crippen molar-refractivity contribution in [2.45, 2.75) is 26.2 Å². The van der Waals surface area contributed by atoms with Crippen LogP contribution >= 0.6 is 0 Å². The molecule has 0 saturated heterocycles. The third-order valence-electron chi connectivity index (χ3n) is 1.96. The Kier molecular flexibility index (Phi) is 4.01. The molecule has 0 aliphatic heterocycles. The van der Waals surface area contributed by atoms with E-state index < -0.39 is 0 Å². The summed E-state index contributed by atoms with van der Waals surface area (Å²) < 4.78 is 17.7. The van der Waals surface area contributed by atoms with Gasteiger partial charge in [0, 0.05) is 13.0 Å². The van der Waals surface area contributed by atoms with Crippen molar-refractivity contribution in [3.05, 3.63) is 23.6 Å². The first-order valence-corrected chi connectivity index (χ1v) is 4.44. The lowest BCUT2D eigenvalue weighted by molar-refractivity contribution is 0.150. The molecular weight excluding hydrogens is 155 g/mol. The van der Waals surface area contributed by atoms with E-state index >= 15 is 0 Å². The Morgan fingerprint density at radius 2 is 2.25 bits per heavy atom. The molecule has 0 aromatic carbocycles. The molecule has 0 heterocycles. The standard InChI is InChI=1S/C10H15FO/c1-2-12-8-7-9-3-5-10(11)6-4-9/h3,5H,2,4,6-8H2,1H3. The zero-order valence-corrected chi connectivity index (χ0v) is 7.48. The molecule has 2 heteroatoms. The summed E-state index contributed by atoms with van der Waals surface area (Å²) in [4.78, 5) is 0. The van der Waals surface area contributed by atoms with Gasteiger partial charge in [0.25, 0.3) is 0 Å². The Balaban J connectivity index is 2.24. The first-order valence-electron chi connectivity index (χ1n) is 4.44. The predicted molar refractivity (Wildman–Crippen MR) is 47.6 cm³/mol. The Labute approximate surface area is 72.9 Å². The summed E-state index contributed by atoms with van der Waals surface area (Å²) >= 11 is 0. The van der Waals surface area contributed by atoms with Gasteiger partial charge in [0.15, 0.2) is 0 Å². The fraction of sp³-hybridized carbons (Fsp3) is 0.600. The second-order valence-corrected chi connectivity index (χ2v) is 2.89. The van der Waals surface area contributed by atoms with Gasteiger partial charge in [-0.3, -0.25) is 0 Å². The Hall–Kier alpha value is -0.630. The highest BCUT2D eigenvalue weighted by atomic mass is 19.1. The topological polar surface area (TPSA) is 9.23 Å². The summed E-state index contributed by atoms with van der Waals surface area (Å²) in [5.41, 5.74) is 1.30. The normalized spacial score (nSPS) is 17.2. The van der Waals surface area contributed by atoms with E-state index in [2.05, 4.69) is 0 Å². The van der Waals surface area contributed by atoms with Crippen LogP contribution in [-0.4, -0.2) is 13.2 Å². The van der Waals surface area contributed by atoms with Crippen LogP contribution in [0.5, 0.6) is 0 Å². The third-order valence-corrected chi connectivity index (χ3v) is 1.96. The predicted octanol–water partition coefficient (Wildman–Crippen LogP) is 2.99. The van der Waals surface area contributed by atoms with Crippen LogP contribution < -0.4 is 0 Å². The Morgan fingerprint density at radius 3 is 2.83 bits per heavy atom. The number of hydrogen-bond donors (Lipinski definition) is 0. The quantitative estimate of drug-likeness (QED) is 0.589. The minimum Gasteiger partial charge on any atom is -0.381 e. The molecule has 1 aliphatic rings. The summed E-state index contributed by atoms with van der Waals surface area (Å²) in [5, 5.41) is 0. The molecule has 0 aromatic heterocycles. The van der Waals surface area contributed by atoms with Crippen LogP contribution in [0, 0.1) is 0 Å². The molecule has 12 heavy (non-hydrogen) atoms. The van der Waals surface area contributed by atoms with Crippen molar-refractivity contribution in [3.8, 4) is 0 Å². The molecule has 0 saturated carbocycles. The molecule has 0 aromatic rings. The largest absolute Gasteiger partial charge is 0.381 e. The minimum absolute atomic E-state index is 0.00448. The molecular formula is C10H15FO. The van der Waals surface area contributed by atoms with Crippen molar-refractivity contribution in [1.82, 2.24) is 0 Å². The van der Waals surface area contributed by atoms with Crippen LogP contribution in [0.2, 0.25) is 0 Å². The lowest BCUT2D eigenvalue weighted by Gasteiger charge is -2.09. The molecule has 1 aliphatic carbocycles. The van der Waals surface area contributed by atoms with E-state index in [0.29, 0.717) is 6.42 Å². The van der Waals surface area contributed by atoms with Gasteiger partial charge in [-0.05, 0) is 25.8 Å². The molecule has 0 atom stereocenters. The maximum absolute atomic E-state index is 12.5. The van der Waals surface area contributed by atoms with Crippen LogP contribution in [0.25, 0.3) is 0 Å². The van der Waals surface area contributed by atoms with Crippen molar-refractivity contribution in [3.63, 3.8) is 0 Å². The molecule has 0 spiro atoms. The van der Waals surface area contributed by atoms with Crippen molar-refractivity contribution >= 4 is 0 Å².